The molecule has 2 N–H and O–H groups in total. The summed E-state index contributed by atoms with van der Waals surface area (Å²) in [5.41, 5.74) is 1.92. The van der Waals surface area contributed by atoms with Gasteiger partial charge in [-0.15, -0.1) is 13.2 Å². The number of halogens is 9. The number of hydrogen-bond acceptors (Lipinski definition) is 2. The molecule has 2 nitrogen and oxygen atoms in total. The fourth-order valence-corrected chi connectivity index (χ4v) is 2.31. The Labute approximate surface area is 146 Å². The van der Waals surface area contributed by atoms with E-state index in [-0.39, 0.29) is 11.6 Å². The lowest BCUT2D eigenvalue weighted by molar-refractivity contribution is -0.274. The molecule has 148 valence electrons. The zero-order valence-corrected chi connectivity index (χ0v) is 13.0. The third-order valence-electron chi connectivity index (χ3n) is 3.49. The van der Waals surface area contributed by atoms with Crippen molar-refractivity contribution in [1.29, 1.82) is 0 Å². The van der Waals surface area contributed by atoms with E-state index in [9.17, 15) is 39.5 Å². The molecule has 0 saturated carbocycles. The summed E-state index contributed by atoms with van der Waals surface area (Å²) in [7, 11) is 0. The summed E-state index contributed by atoms with van der Waals surface area (Å²) in [5.74, 6) is -0.623. The lowest BCUT2D eigenvalue weighted by atomic mass is 9.93. The van der Waals surface area contributed by atoms with Gasteiger partial charge in [0.2, 0.25) is 0 Å². The Morgan fingerprint density at radius 2 is 1.30 bits per heavy atom. The van der Waals surface area contributed by atoms with Gasteiger partial charge in [-0.3, -0.25) is 0 Å². The fraction of sp³-hybridized carbons (Fsp3) is 0.250. The number of benzene rings is 2. The standard InChI is InChI=1S/C16H10F9NO/c17-14(18,19)9-3-6-11(12(7-9)15(20,21)22)13(26)8-1-4-10(5-2-8)27-16(23,24)25/h1-7,13H,26H2/t13-/m0/s1. The van der Waals surface area contributed by atoms with E-state index in [1.165, 1.54) is 0 Å². The molecule has 0 unspecified atom stereocenters. The third kappa shape index (κ3) is 5.28. The van der Waals surface area contributed by atoms with Gasteiger partial charge in [-0.05, 0) is 35.4 Å². The fourth-order valence-electron chi connectivity index (χ4n) is 2.31. The smallest absolute Gasteiger partial charge is 0.406 e. The van der Waals surface area contributed by atoms with Gasteiger partial charge in [0.25, 0.3) is 0 Å². The second kappa shape index (κ2) is 6.95. The van der Waals surface area contributed by atoms with Crippen LogP contribution in [0.2, 0.25) is 0 Å². The molecule has 27 heavy (non-hydrogen) atoms. The highest BCUT2D eigenvalue weighted by Gasteiger charge is 2.39. The van der Waals surface area contributed by atoms with E-state index < -0.39 is 47.2 Å². The Morgan fingerprint density at radius 1 is 0.741 bits per heavy atom. The molecule has 11 heteroatoms. The number of rotatable bonds is 3. The molecule has 2 rings (SSSR count). The van der Waals surface area contributed by atoms with Gasteiger partial charge in [0, 0.05) is 0 Å². The molecule has 1 atom stereocenters. The van der Waals surface area contributed by atoms with Crippen molar-refractivity contribution in [2.45, 2.75) is 24.8 Å². The first kappa shape index (κ1) is 20.9. The van der Waals surface area contributed by atoms with E-state index in [1.54, 1.807) is 0 Å². The first-order valence-corrected chi connectivity index (χ1v) is 7.08. The topological polar surface area (TPSA) is 35.2 Å². The number of nitrogens with two attached hydrogens (primary N) is 1. The van der Waals surface area contributed by atoms with Gasteiger partial charge in [0.1, 0.15) is 5.75 Å². The first-order valence-electron chi connectivity index (χ1n) is 7.08. The van der Waals surface area contributed by atoms with Crippen LogP contribution in [0.4, 0.5) is 39.5 Å². The zero-order valence-electron chi connectivity index (χ0n) is 13.0. The highest BCUT2D eigenvalue weighted by molar-refractivity contribution is 5.42. The van der Waals surface area contributed by atoms with E-state index >= 15 is 0 Å². The predicted octanol–water partition coefficient (Wildman–Crippen LogP) is 5.67. The molecule has 0 fully saturated rings. The molecule has 2 aromatic rings. The van der Waals surface area contributed by atoms with Crippen LogP contribution >= 0.6 is 0 Å². The second-order valence-electron chi connectivity index (χ2n) is 5.39. The molecule has 0 aliphatic heterocycles. The molecule has 0 amide bonds. The molecule has 0 heterocycles. The molecule has 0 aliphatic carbocycles. The molecule has 0 saturated heterocycles. The van der Waals surface area contributed by atoms with Crippen LogP contribution in [0.25, 0.3) is 0 Å². The minimum absolute atomic E-state index is 0.0465. The molecular weight excluding hydrogens is 393 g/mol. The van der Waals surface area contributed by atoms with Crippen molar-refractivity contribution in [2.24, 2.45) is 5.73 Å². The number of ether oxygens (including phenoxy) is 1. The third-order valence-corrected chi connectivity index (χ3v) is 3.49. The quantitative estimate of drug-likeness (QED) is 0.671. The van der Waals surface area contributed by atoms with Crippen molar-refractivity contribution < 1.29 is 44.3 Å². The van der Waals surface area contributed by atoms with E-state index in [2.05, 4.69) is 4.74 Å². The average molecular weight is 403 g/mol. The number of alkyl halides is 9. The molecular formula is C16H10F9NO. The monoisotopic (exact) mass is 403 g/mol. The second-order valence-corrected chi connectivity index (χ2v) is 5.39. The molecule has 0 bridgehead atoms. The zero-order chi connectivity index (χ0) is 20.6. The van der Waals surface area contributed by atoms with Crippen LogP contribution < -0.4 is 10.5 Å². The number of hydrogen-bond donors (Lipinski definition) is 1. The highest BCUT2D eigenvalue weighted by atomic mass is 19.4. The van der Waals surface area contributed by atoms with Gasteiger partial charge < -0.3 is 10.5 Å². The average Bonchev–Trinajstić information content (AvgIpc) is 2.51. The van der Waals surface area contributed by atoms with Crippen molar-refractivity contribution in [3.05, 3.63) is 64.7 Å². The van der Waals surface area contributed by atoms with Crippen molar-refractivity contribution in [3.63, 3.8) is 0 Å². The molecule has 0 aromatic heterocycles. The summed E-state index contributed by atoms with van der Waals surface area (Å²) < 4.78 is 118. The lowest BCUT2D eigenvalue weighted by Crippen LogP contribution is -2.20. The summed E-state index contributed by atoms with van der Waals surface area (Å²) in [6.45, 7) is 0. The Bertz CT molecular complexity index is 792. The van der Waals surface area contributed by atoms with Gasteiger partial charge in [-0.1, -0.05) is 18.2 Å². The summed E-state index contributed by atoms with van der Waals surface area (Å²) in [6, 6.07) is 3.11. The van der Waals surface area contributed by atoms with E-state index in [1.807, 2.05) is 0 Å². The van der Waals surface area contributed by atoms with E-state index in [0.29, 0.717) is 12.1 Å². The van der Waals surface area contributed by atoms with Gasteiger partial charge in [0.05, 0.1) is 17.2 Å². The minimum Gasteiger partial charge on any atom is -0.406 e. The lowest BCUT2D eigenvalue weighted by Gasteiger charge is -2.20. The van der Waals surface area contributed by atoms with Crippen molar-refractivity contribution in [3.8, 4) is 5.75 Å². The Morgan fingerprint density at radius 3 is 1.74 bits per heavy atom. The van der Waals surface area contributed by atoms with Crippen LogP contribution in [0.5, 0.6) is 5.75 Å². The largest absolute Gasteiger partial charge is 0.573 e. The molecule has 0 aliphatic rings. The Kier molecular flexibility index (Phi) is 5.37. The highest BCUT2D eigenvalue weighted by Crippen LogP contribution is 2.40. The maximum absolute atomic E-state index is 13.2. The maximum atomic E-state index is 13.2. The van der Waals surface area contributed by atoms with Crippen LogP contribution in [-0.2, 0) is 12.4 Å². The van der Waals surface area contributed by atoms with Crippen LogP contribution in [-0.4, -0.2) is 6.36 Å². The first-order chi connectivity index (χ1) is 12.2. The Balaban J connectivity index is 2.42. The van der Waals surface area contributed by atoms with Crippen LogP contribution in [0.3, 0.4) is 0 Å². The summed E-state index contributed by atoms with van der Waals surface area (Å²) in [5, 5.41) is 0. The van der Waals surface area contributed by atoms with Crippen molar-refractivity contribution in [2.75, 3.05) is 0 Å². The van der Waals surface area contributed by atoms with Crippen LogP contribution in [0.15, 0.2) is 42.5 Å². The summed E-state index contributed by atoms with van der Waals surface area (Å²) >= 11 is 0. The summed E-state index contributed by atoms with van der Waals surface area (Å²) in [6.07, 6.45) is -15.1. The predicted molar refractivity (Wildman–Crippen MR) is 75.6 cm³/mol. The van der Waals surface area contributed by atoms with E-state index in [0.717, 1.165) is 24.3 Å². The minimum atomic E-state index is -5.12. The SMILES string of the molecule is N[C@@H](c1ccc(OC(F)(F)F)cc1)c1ccc(C(F)(F)F)cc1C(F)(F)F. The van der Waals surface area contributed by atoms with E-state index in [4.69, 9.17) is 5.73 Å². The van der Waals surface area contributed by atoms with Gasteiger partial charge in [-0.2, -0.15) is 26.3 Å². The normalized spacial score (nSPS) is 14.1. The Hall–Kier alpha value is -2.43. The van der Waals surface area contributed by atoms with Gasteiger partial charge in [0.15, 0.2) is 0 Å². The molecule has 2 aromatic carbocycles. The van der Waals surface area contributed by atoms with Crippen LogP contribution in [0, 0.1) is 0 Å². The molecule has 0 spiro atoms. The van der Waals surface area contributed by atoms with Crippen molar-refractivity contribution in [1.82, 2.24) is 0 Å². The van der Waals surface area contributed by atoms with Crippen LogP contribution in [0.1, 0.15) is 28.3 Å². The van der Waals surface area contributed by atoms with Gasteiger partial charge >= 0.3 is 18.7 Å². The maximum Gasteiger partial charge on any atom is 0.573 e. The molecule has 0 radical (unpaired) electrons. The van der Waals surface area contributed by atoms with Gasteiger partial charge in [-0.25, -0.2) is 0 Å². The van der Waals surface area contributed by atoms with Crippen molar-refractivity contribution >= 4 is 0 Å². The summed E-state index contributed by atoms with van der Waals surface area (Å²) in [4.78, 5) is 0.